The van der Waals surface area contributed by atoms with E-state index in [1.54, 1.807) is 7.11 Å². The van der Waals surface area contributed by atoms with Gasteiger partial charge in [0, 0.05) is 6.54 Å². The molecule has 1 aromatic rings. The number of para-hydroxylation sites is 2. The summed E-state index contributed by atoms with van der Waals surface area (Å²) in [5, 5.41) is 14.8. The quantitative estimate of drug-likeness (QED) is 0.796. The van der Waals surface area contributed by atoms with E-state index in [1.165, 1.54) is 32.4 Å². The SMILES string of the molecule is COc1ccccc1OCCN1CCCCC1.O=C(O)C(=O)O. The van der Waals surface area contributed by atoms with Gasteiger partial charge in [-0.15, -0.1) is 0 Å². The van der Waals surface area contributed by atoms with Gasteiger partial charge in [-0.25, -0.2) is 9.59 Å². The highest BCUT2D eigenvalue weighted by Crippen LogP contribution is 2.25. The van der Waals surface area contributed by atoms with Crippen LogP contribution in [0.1, 0.15) is 19.3 Å². The summed E-state index contributed by atoms with van der Waals surface area (Å²) in [6.07, 6.45) is 4.03. The molecule has 7 nitrogen and oxygen atoms in total. The molecule has 0 saturated carbocycles. The molecule has 2 rings (SSSR count). The minimum Gasteiger partial charge on any atom is -0.493 e. The van der Waals surface area contributed by atoms with Gasteiger partial charge in [0.1, 0.15) is 6.61 Å². The summed E-state index contributed by atoms with van der Waals surface area (Å²) in [7, 11) is 1.67. The number of carbonyl (C=O) groups is 2. The van der Waals surface area contributed by atoms with Crippen molar-refractivity contribution in [3.8, 4) is 11.5 Å². The largest absolute Gasteiger partial charge is 0.493 e. The van der Waals surface area contributed by atoms with E-state index in [9.17, 15) is 0 Å². The van der Waals surface area contributed by atoms with Crippen molar-refractivity contribution in [2.45, 2.75) is 19.3 Å². The van der Waals surface area contributed by atoms with Gasteiger partial charge in [-0.3, -0.25) is 4.90 Å². The maximum Gasteiger partial charge on any atom is 0.414 e. The van der Waals surface area contributed by atoms with Crippen LogP contribution in [0, 0.1) is 0 Å². The van der Waals surface area contributed by atoms with Gasteiger partial charge in [-0.1, -0.05) is 18.6 Å². The summed E-state index contributed by atoms with van der Waals surface area (Å²) in [6.45, 7) is 4.18. The number of piperidine rings is 1. The molecule has 1 saturated heterocycles. The van der Waals surface area contributed by atoms with E-state index >= 15 is 0 Å². The average Bonchev–Trinajstić information content (AvgIpc) is 2.57. The Labute approximate surface area is 135 Å². The van der Waals surface area contributed by atoms with Gasteiger partial charge in [-0.05, 0) is 38.1 Å². The second-order valence-corrected chi connectivity index (χ2v) is 5.01. The van der Waals surface area contributed by atoms with E-state index < -0.39 is 11.9 Å². The maximum atomic E-state index is 9.10. The van der Waals surface area contributed by atoms with Crippen LogP contribution in [0.15, 0.2) is 24.3 Å². The third-order valence-corrected chi connectivity index (χ3v) is 3.37. The molecule has 0 amide bonds. The molecule has 128 valence electrons. The molecule has 1 aliphatic rings. The van der Waals surface area contributed by atoms with Crippen molar-refractivity contribution in [3.05, 3.63) is 24.3 Å². The van der Waals surface area contributed by atoms with Gasteiger partial charge in [0.2, 0.25) is 0 Å². The number of aliphatic carboxylic acids is 2. The minimum absolute atomic E-state index is 0.736. The van der Waals surface area contributed by atoms with Crippen LogP contribution in [0.3, 0.4) is 0 Å². The molecule has 0 aromatic heterocycles. The highest BCUT2D eigenvalue weighted by atomic mass is 16.5. The molecular weight excluding hydrogens is 302 g/mol. The average molecular weight is 325 g/mol. The van der Waals surface area contributed by atoms with E-state index in [4.69, 9.17) is 29.3 Å². The molecule has 23 heavy (non-hydrogen) atoms. The lowest BCUT2D eigenvalue weighted by molar-refractivity contribution is -0.159. The molecule has 7 heteroatoms. The number of likely N-dealkylation sites (tertiary alicyclic amines) is 1. The second kappa shape index (κ2) is 10.4. The monoisotopic (exact) mass is 325 g/mol. The minimum atomic E-state index is -1.82. The van der Waals surface area contributed by atoms with Crippen LogP contribution in [-0.4, -0.2) is 60.4 Å². The zero-order chi connectivity index (χ0) is 17.1. The van der Waals surface area contributed by atoms with Gasteiger partial charge in [-0.2, -0.15) is 0 Å². The molecule has 1 aromatic carbocycles. The Hall–Kier alpha value is -2.28. The van der Waals surface area contributed by atoms with Crippen LogP contribution in [0.5, 0.6) is 11.5 Å². The number of hydrogen-bond acceptors (Lipinski definition) is 5. The van der Waals surface area contributed by atoms with E-state index in [-0.39, 0.29) is 0 Å². The van der Waals surface area contributed by atoms with Crippen molar-refractivity contribution < 1.29 is 29.3 Å². The summed E-state index contributed by atoms with van der Waals surface area (Å²) in [5.74, 6) is -2.00. The lowest BCUT2D eigenvalue weighted by atomic mass is 10.1. The number of nitrogens with zero attached hydrogens (tertiary/aromatic N) is 1. The Bertz CT molecular complexity index is 487. The molecule has 2 N–H and O–H groups in total. The van der Waals surface area contributed by atoms with Crippen molar-refractivity contribution in [2.75, 3.05) is 33.4 Å². The van der Waals surface area contributed by atoms with Crippen LogP contribution in [0.25, 0.3) is 0 Å². The molecule has 1 aliphatic heterocycles. The number of methoxy groups -OCH3 is 1. The van der Waals surface area contributed by atoms with Crippen LogP contribution < -0.4 is 9.47 Å². The van der Waals surface area contributed by atoms with Gasteiger partial charge in [0.05, 0.1) is 7.11 Å². The zero-order valence-corrected chi connectivity index (χ0v) is 13.2. The van der Waals surface area contributed by atoms with Crippen LogP contribution >= 0.6 is 0 Å². The normalized spacial score (nSPS) is 14.3. The molecule has 1 heterocycles. The summed E-state index contributed by atoms with van der Waals surface area (Å²) >= 11 is 0. The van der Waals surface area contributed by atoms with Gasteiger partial charge in [0.25, 0.3) is 0 Å². The first-order valence-electron chi connectivity index (χ1n) is 7.49. The van der Waals surface area contributed by atoms with E-state index in [2.05, 4.69) is 4.90 Å². The molecule has 0 atom stereocenters. The van der Waals surface area contributed by atoms with Crippen LogP contribution in [-0.2, 0) is 9.59 Å². The summed E-state index contributed by atoms with van der Waals surface area (Å²) in [6, 6.07) is 7.81. The Morgan fingerprint density at radius 3 is 2.13 bits per heavy atom. The van der Waals surface area contributed by atoms with Crippen molar-refractivity contribution in [1.29, 1.82) is 0 Å². The lowest BCUT2D eigenvalue weighted by Gasteiger charge is -2.26. The topological polar surface area (TPSA) is 96.3 Å². The predicted molar refractivity (Wildman–Crippen MR) is 84.1 cm³/mol. The number of rotatable bonds is 5. The van der Waals surface area contributed by atoms with Gasteiger partial charge >= 0.3 is 11.9 Å². The van der Waals surface area contributed by atoms with Crippen molar-refractivity contribution >= 4 is 11.9 Å². The smallest absolute Gasteiger partial charge is 0.414 e. The molecule has 0 spiro atoms. The fraction of sp³-hybridized carbons (Fsp3) is 0.500. The van der Waals surface area contributed by atoms with Crippen LogP contribution in [0.2, 0.25) is 0 Å². The molecule has 0 aliphatic carbocycles. The molecule has 0 unspecified atom stereocenters. The third kappa shape index (κ3) is 7.51. The Morgan fingerprint density at radius 1 is 1.04 bits per heavy atom. The fourth-order valence-corrected chi connectivity index (χ4v) is 2.21. The Balaban J connectivity index is 0.000000379. The first kappa shape index (κ1) is 18.8. The van der Waals surface area contributed by atoms with Crippen molar-refractivity contribution in [3.63, 3.8) is 0 Å². The second-order valence-electron chi connectivity index (χ2n) is 5.01. The number of carboxylic acid groups (broad SMARTS) is 2. The highest BCUT2D eigenvalue weighted by Gasteiger charge is 2.10. The maximum absolute atomic E-state index is 9.10. The van der Waals surface area contributed by atoms with E-state index in [0.717, 1.165) is 24.7 Å². The highest BCUT2D eigenvalue weighted by molar-refractivity contribution is 6.27. The Kier molecular flexibility index (Phi) is 8.52. The van der Waals surface area contributed by atoms with Crippen molar-refractivity contribution in [1.82, 2.24) is 4.90 Å². The summed E-state index contributed by atoms with van der Waals surface area (Å²) in [5.41, 5.74) is 0. The first-order chi connectivity index (χ1) is 11.0. The van der Waals surface area contributed by atoms with Gasteiger partial charge in [0.15, 0.2) is 11.5 Å². The fourth-order valence-electron chi connectivity index (χ4n) is 2.21. The standard InChI is InChI=1S/C14H21NO2.C2H2O4/c1-16-13-7-3-4-8-14(13)17-12-11-15-9-5-2-6-10-15;3-1(4)2(5)6/h3-4,7-8H,2,5-6,9-12H2,1H3;(H,3,4)(H,5,6). The Morgan fingerprint density at radius 2 is 1.61 bits per heavy atom. The number of benzene rings is 1. The lowest BCUT2D eigenvalue weighted by Crippen LogP contribution is -2.33. The van der Waals surface area contributed by atoms with E-state index in [1.807, 2.05) is 24.3 Å². The number of hydrogen-bond donors (Lipinski definition) is 2. The van der Waals surface area contributed by atoms with E-state index in [0.29, 0.717) is 0 Å². The van der Waals surface area contributed by atoms with Crippen molar-refractivity contribution in [2.24, 2.45) is 0 Å². The molecule has 0 radical (unpaired) electrons. The third-order valence-electron chi connectivity index (χ3n) is 3.37. The predicted octanol–water partition coefficient (Wildman–Crippen LogP) is 1.72. The first-order valence-corrected chi connectivity index (χ1v) is 7.49. The number of ether oxygens (including phenoxy) is 2. The number of carboxylic acids is 2. The van der Waals surface area contributed by atoms with Crippen LogP contribution in [0.4, 0.5) is 0 Å². The molecule has 0 bridgehead atoms. The molecule has 1 fully saturated rings. The zero-order valence-electron chi connectivity index (χ0n) is 13.2. The summed E-state index contributed by atoms with van der Waals surface area (Å²) in [4.78, 5) is 20.7. The van der Waals surface area contributed by atoms with Gasteiger partial charge < -0.3 is 19.7 Å². The molecular formula is C16H23NO6. The summed E-state index contributed by atoms with van der Waals surface area (Å²) < 4.78 is 11.0.